The minimum atomic E-state index is -3.35. The molecular formula is C34H55N5O7S. The highest BCUT2D eigenvalue weighted by atomic mass is 32.2. The van der Waals surface area contributed by atoms with Crippen molar-refractivity contribution in [1.82, 2.24) is 26.2 Å². The molecule has 2 saturated carbocycles. The van der Waals surface area contributed by atoms with Crippen molar-refractivity contribution >= 4 is 39.4 Å². The summed E-state index contributed by atoms with van der Waals surface area (Å²) in [5.41, 5.74) is -1.84. The zero-order valence-corrected chi connectivity index (χ0v) is 29.8. The van der Waals surface area contributed by atoms with Crippen molar-refractivity contribution in [2.24, 2.45) is 22.7 Å². The zero-order valence-electron chi connectivity index (χ0n) is 28.9. The van der Waals surface area contributed by atoms with Gasteiger partial charge >= 0.3 is 6.03 Å². The summed E-state index contributed by atoms with van der Waals surface area (Å²) in [6.07, 6.45) is 7.07. The van der Waals surface area contributed by atoms with Gasteiger partial charge in [0.2, 0.25) is 17.6 Å². The molecule has 4 rings (SSSR count). The average molecular weight is 678 g/mol. The number of hydrogen-bond donors (Lipinski definition) is 4. The predicted molar refractivity (Wildman–Crippen MR) is 179 cm³/mol. The van der Waals surface area contributed by atoms with E-state index in [-0.39, 0.29) is 36.0 Å². The SMILES string of the molecule is C=CCNC(=O)C(=O)[C@H](CCC)NC(=O)[C@@H]1[C@@H]2[C@H](CN1C(=O)[C@@H](NC(=O)NC1([C@H]3CCCS3(=O)=O)CCCCC1)C(C)(C)C)C2(C)C. The second kappa shape index (κ2) is 13.9. The number of carbonyl (C=O) groups excluding carboxylic acids is 5. The predicted octanol–water partition coefficient (Wildman–Crippen LogP) is 2.62. The summed E-state index contributed by atoms with van der Waals surface area (Å²) in [6, 6.07) is -3.53. The Hall–Kier alpha value is -2.96. The number of hydrogen-bond acceptors (Lipinski definition) is 7. The number of ketones is 1. The molecular weight excluding hydrogens is 622 g/mol. The van der Waals surface area contributed by atoms with Crippen molar-refractivity contribution in [2.45, 2.75) is 128 Å². The number of piperidine rings is 1. The Morgan fingerprint density at radius 3 is 2.23 bits per heavy atom. The molecule has 2 heterocycles. The Bertz CT molecular complexity index is 1360. The molecule has 0 aromatic heterocycles. The van der Waals surface area contributed by atoms with Gasteiger partial charge in [0.25, 0.3) is 5.91 Å². The highest BCUT2D eigenvalue weighted by molar-refractivity contribution is 7.92. The van der Waals surface area contributed by atoms with Gasteiger partial charge < -0.3 is 26.2 Å². The fraction of sp³-hybridized carbons (Fsp3) is 0.794. The van der Waals surface area contributed by atoms with Gasteiger partial charge in [-0.2, -0.15) is 0 Å². The standard InChI is InChI=1S/C34H55N5O7S/c1-8-14-22(26(40)29(42)35-18-9-2)36-28(41)25-24-21(33(24,6)7)20-39(25)30(43)27(32(3,4)5)37-31(44)38-34(16-11-10-12-17-34)23-15-13-19-47(23,45)46/h9,21-25,27H,2,8,10-20H2,1,3-7H3,(H,35,42)(H,36,41)(H2,37,38,44)/t21-,22-,23+,24-,25-,27+/m0/s1. The van der Waals surface area contributed by atoms with E-state index in [4.69, 9.17) is 0 Å². The molecule has 2 aliphatic carbocycles. The number of nitrogens with one attached hydrogen (secondary N) is 4. The number of amides is 5. The minimum absolute atomic E-state index is 0.0611. The normalized spacial score (nSPS) is 28.3. The summed E-state index contributed by atoms with van der Waals surface area (Å²) in [7, 11) is -3.35. The second-order valence-corrected chi connectivity index (χ2v) is 18.0. The highest BCUT2D eigenvalue weighted by Crippen LogP contribution is 2.65. The van der Waals surface area contributed by atoms with Crippen LogP contribution < -0.4 is 21.3 Å². The Morgan fingerprint density at radius 1 is 1.02 bits per heavy atom. The van der Waals surface area contributed by atoms with Gasteiger partial charge in [-0.3, -0.25) is 19.2 Å². The molecule has 0 bridgehead atoms. The van der Waals surface area contributed by atoms with Crippen LogP contribution in [0.2, 0.25) is 0 Å². The molecule has 0 radical (unpaired) electrons. The lowest BCUT2D eigenvalue weighted by Gasteiger charge is -2.43. The third kappa shape index (κ3) is 7.54. The molecule has 12 nitrogen and oxygen atoms in total. The number of sulfone groups is 1. The van der Waals surface area contributed by atoms with Crippen LogP contribution in [0.15, 0.2) is 12.7 Å². The van der Waals surface area contributed by atoms with E-state index >= 15 is 0 Å². The van der Waals surface area contributed by atoms with Crippen LogP contribution in [0.1, 0.15) is 99.3 Å². The van der Waals surface area contributed by atoms with Crippen molar-refractivity contribution < 1.29 is 32.4 Å². The second-order valence-electron chi connectivity index (χ2n) is 15.7. The molecule has 0 unspecified atom stereocenters. The number of likely N-dealkylation sites (tertiary alicyclic amines) is 1. The van der Waals surface area contributed by atoms with E-state index in [1.54, 1.807) is 0 Å². The molecule has 2 saturated heterocycles. The quantitative estimate of drug-likeness (QED) is 0.182. The summed E-state index contributed by atoms with van der Waals surface area (Å²) >= 11 is 0. The smallest absolute Gasteiger partial charge is 0.315 e. The van der Waals surface area contributed by atoms with Crippen molar-refractivity contribution in [3.63, 3.8) is 0 Å². The number of rotatable bonds is 12. The van der Waals surface area contributed by atoms with Crippen LogP contribution in [0.5, 0.6) is 0 Å². The van der Waals surface area contributed by atoms with Gasteiger partial charge in [-0.25, -0.2) is 13.2 Å². The first-order chi connectivity index (χ1) is 21.9. The van der Waals surface area contributed by atoms with E-state index < -0.39 is 73.7 Å². The Kier molecular flexibility index (Phi) is 10.9. The topological polar surface area (TPSA) is 171 Å². The van der Waals surface area contributed by atoms with Crippen LogP contribution in [0.25, 0.3) is 0 Å². The van der Waals surface area contributed by atoms with E-state index in [0.717, 1.165) is 19.3 Å². The van der Waals surface area contributed by atoms with E-state index in [1.807, 2.05) is 27.7 Å². The number of carbonyl (C=O) groups is 5. The molecule has 5 amide bonds. The molecule has 0 aromatic rings. The maximum absolute atomic E-state index is 14.4. The Morgan fingerprint density at radius 2 is 1.68 bits per heavy atom. The largest absolute Gasteiger partial charge is 0.346 e. The van der Waals surface area contributed by atoms with Crippen LogP contribution >= 0.6 is 0 Å². The molecule has 0 spiro atoms. The van der Waals surface area contributed by atoms with Crippen LogP contribution in [-0.4, -0.2) is 90.6 Å². The first-order valence-corrected chi connectivity index (χ1v) is 19.0. The van der Waals surface area contributed by atoms with Gasteiger partial charge in [0.1, 0.15) is 12.1 Å². The number of Topliss-reactive ketones (excluding diaryl/α,β-unsaturated/α-hetero) is 1. The molecule has 0 aromatic carbocycles. The van der Waals surface area contributed by atoms with E-state index in [1.165, 1.54) is 11.0 Å². The van der Waals surface area contributed by atoms with Gasteiger partial charge in [-0.1, -0.05) is 73.3 Å². The lowest BCUT2D eigenvalue weighted by Crippen LogP contribution is -2.65. The third-order valence-electron chi connectivity index (χ3n) is 11.0. The van der Waals surface area contributed by atoms with Crippen molar-refractivity contribution in [3.8, 4) is 0 Å². The van der Waals surface area contributed by atoms with Crippen molar-refractivity contribution in [3.05, 3.63) is 12.7 Å². The van der Waals surface area contributed by atoms with Crippen LogP contribution in [0, 0.1) is 22.7 Å². The number of nitrogens with zero attached hydrogens (tertiary/aromatic N) is 1. The third-order valence-corrected chi connectivity index (χ3v) is 13.5. The molecule has 13 heteroatoms. The zero-order chi connectivity index (χ0) is 34.9. The van der Waals surface area contributed by atoms with Gasteiger partial charge in [-0.05, 0) is 54.8 Å². The molecule has 264 valence electrons. The number of fused-ring (bicyclic) bond motifs is 1. The summed E-state index contributed by atoms with van der Waals surface area (Å²) in [5.74, 6) is -2.44. The Balaban J connectivity index is 1.55. The van der Waals surface area contributed by atoms with E-state index in [2.05, 4.69) is 41.7 Å². The van der Waals surface area contributed by atoms with Crippen LogP contribution in [0.3, 0.4) is 0 Å². The van der Waals surface area contributed by atoms with Crippen LogP contribution in [-0.2, 0) is 29.0 Å². The van der Waals surface area contributed by atoms with Gasteiger partial charge in [0.05, 0.1) is 22.6 Å². The molecule has 6 atom stereocenters. The maximum atomic E-state index is 14.4. The summed E-state index contributed by atoms with van der Waals surface area (Å²) < 4.78 is 26.0. The van der Waals surface area contributed by atoms with Crippen molar-refractivity contribution in [1.29, 1.82) is 0 Å². The first-order valence-electron chi connectivity index (χ1n) is 17.3. The first kappa shape index (κ1) is 36.9. The summed E-state index contributed by atoms with van der Waals surface area (Å²) in [6.45, 7) is 15.4. The fourth-order valence-electron chi connectivity index (χ4n) is 8.37. The average Bonchev–Trinajstić information content (AvgIpc) is 3.30. The van der Waals surface area contributed by atoms with Crippen molar-refractivity contribution in [2.75, 3.05) is 18.8 Å². The lowest BCUT2D eigenvalue weighted by molar-refractivity contribution is -0.145. The summed E-state index contributed by atoms with van der Waals surface area (Å²) in [5, 5.41) is 10.6. The van der Waals surface area contributed by atoms with Gasteiger partial charge in [0.15, 0.2) is 9.84 Å². The Labute approximate surface area is 279 Å². The number of urea groups is 1. The molecule has 4 fully saturated rings. The lowest BCUT2D eigenvalue weighted by atomic mass is 9.78. The van der Waals surface area contributed by atoms with E-state index in [0.29, 0.717) is 38.6 Å². The van der Waals surface area contributed by atoms with Gasteiger partial charge in [-0.15, -0.1) is 6.58 Å². The molecule has 2 aliphatic heterocycles. The van der Waals surface area contributed by atoms with Crippen LogP contribution in [0.4, 0.5) is 4.79 Å². The van der Waals surface area contributed by atoms with Gasteiger partial charge in [0, 0.05) is 13.1 Å². The monoisotopic (exact) mass is 677 g/mol. The van der Waals surface area contributed by atoms with E-state index in [9.17, 15) is 32.4 Å². The fourth-order valence-corrected chi connectivity index (χ4v) is 10.7. The minimum Gasteiger partial charge on any atom is -0.346 e. The molecule has 47 heavy (non-hydrogen) atoms. The molecule has 4 N–H and O–H groups in total. The maximum Gasteiger partial charge on any atom is 0.315 e. The molecule has 4 aliphatic rings. The summed E-state index contributed by atoms with van der Waals surface area (Å²) in [4.78, 5) is 69.0. The highest BCUT2D eigenvalue weighted by Gasteiger charge is 2.70.